The first kappa shape index (κ1) is 12.7. The molecule has 88 valence electrons. The lowest BCUT2D eigenvalue weighted by atomic mass is 9.88. The molecule has 2 atom stereocenters. The Balaban J connectivity index is 2.19. The Morgan fingerprint density at radius 3 is 2.53 bits per heavy atom. The Kier molecular flexibility index (Phi) is 4.32. The summed E-state index contributed by atoms with van der Waals surface area (Å²) in [6, 6.07) is 0.153. The smallest absolute Gasteiger partial charge is 0.149 e. The topological polar surface area (TPSA) is 29.1 Å². The lowest BCUT2D eigenvalue weighted by Crippen LogP contribution is -2.30. The van der Waals surface area contributed by atoms with Gasteiger partial charge in [0.25, 0.3) is 0 Å². The molecule has 15 heavy (non-hydrogen) atoms. The van der Waals surface area contributed by atoms with Crippen molar-refractivity contribution in [3.8, 4) is 0 Å². The summed E-state index contributed by atoms with van der Waals surface area (Å²) in [5, 5.41) is 3.30. The molecule has 1 N–H and O–H groups in total. The summed E-state index contributed by atoms with van der Waals surface area (Å²) >= 11 is 0. The van der Waals surface area contributed by atoms with Crippen molar-refractivity contribution in [3.63, 3.8) is 0 Å². The van der Waals surface area contributed by atoms with E-state index in [0.29, 0.717) is 17.1 Å². The van der Waals surface area contributed by atoms with Gasteiger partial charge in [-0.05, 0) is 37.1 Å². The Morgan fingerprint density at radius 1 is 1.40 bits per heavy atom. The number of hydrogen-bond acceptors (Lipinski definition) is 2. The van der Waals surface area contributed by atoms with Crippen LogP contribution in [0.4, 0.5) is 0 Å². The maximum absolute atomic E-state index is 11.8. The molecular formula is C13H25NO. The van der Waals surface area contributed by atoms with Crippen LogP contribution in [0, 0.1) is 11.3 Å². The zero-order chi connectivity index (χ0) is 11.5. The zero-order valence-corrected chi connectivity index (χ0v) is 10.6. The van der Waals surface area contributed by atoms with Crippen molar-refractivity contribution in [1.29, 1.82) is 0 Å². The van der Waals surface area contributed by atoms with Gasteiger partial charge in [0.1, 0.15) is 5.78 Å². The third-order valence-corrected chi connectivity index (χ3v) is 3.09. The highest BCUT2D eigenvalue weighted by atomic mass is 16.1. The van der Waals surface area contributed by atoms with Crippen LogP contribution in [0.25, 0.3) is 0 Å². The van der Waals surface area contributed by atoms with Crippen molar-refractivity contribution in [2.45, 2.75) is 59.4 Å². The van der Waals surface area contributed by atoms with Crippen LogP contribution >= 0.6 is 0 Å². The summed E-state index contributed by atoms with van der Waals surface area (Å²) in [6.07, 6.45) is 3.96. The highest BCUT2D eigenvalue weighted by molar-refractivity contribution is 5.84. The van der Waals surface area contributed by atoms with Gasteiger partial charge in [-0.3, -0.25) is 4.79 Å². The number of Topliss-reactive ketones (excluding diaryl/α,β-unsaturated/α-hetero) is 1. The molecule has 2 heteroatoms. The number of nitrogens with one attached hydrogen (secondary N) is 1. The maximum atomic E-state index is 11.8. The Labute approximate surface area is 93.8 Å². The van der Waals surface area contributed by atoms with Gasteiger partial charge in [-0.1, -0.05) is 27.7 Å². The van der Waals surface area contributed by atoms with Crippen molar-refractivity contribution >= 4 is 5.78 Å². The summed E-state index contributed by atoms with van der Waals surface area (Å²) < 4.78 is 0. The first-order valence-electron chi connectivity index (χ1n) is 6.14. The molecule has 1 unspecified atom stereocenters. The third-order valence-electron chi connectivity index (χ3n) is 3.09. The van der Waals surface area contributed by atoms with Crippen LogP contribution in [0.15, 0.2) is 0 Å². The normalized spacial score (nSPS) is 26.9. The molecule has 0 saturated carbocycles. The van der Waals surface area contributed by atoms with E-state index in [0.717, 1.165) is 32.2 Å². The molecule has 1 aliphatic heterocycles. The van der Waals surface area contributed by atoms with E-state index in [1.54, 1.807) is 0 Å². The van der Waals surface area contributed by atoms with Gasteiger partial charge in [-0.25, -0.2) is 0 Å². The minimum atomic E-state index is 0.153. The van der Waals surface area contributed by atoms with Gasteiger partial charge >= 0.3 is 0 Å². The molecule has 0 aliphatic carbocycles. The third kappa shape index (κ3) is 4.78. The molecule has 0 aromatic rings. The van der Waals surface area contributed by atoms with Gasteiger partial charge in [-0.2, -0.15) is 0 Å². The van der Waals surface area contributed by atoms with Gasteiger partial charge in [0, 0.05) is 6.42 Å². The van der Waals surface area contributed by atoms with E-state index >= 15 is 0 Å². The predicted octanol–water partition coefficient (Wildman–Crippen LogP) is 2.77. The summed E-state index contributed by atoms with van der Waals surface area (Å²) in [5.74, 6) is 1.09. The molecular weight excluding hydrogens is 186 g/mol. The molecule has 0 aromatic heterocycles. The lowest BCUT2D eigenvalue weighted by molar-refractivity contribution is -0.120. The highest BCUT2D eigenvalue weighted by Gasteiger charge is 2.26. The van der Waals surface area contributed by atoms with Crippen molar-refractivity contribution in [1.82, 2.24) is 5.32 Å². The minimum Gasteiger partial charge on any atom is -0.307 e. The molecule has 1 heterocycles. The first-order valence-corrected chi connectivity index (χ1v) is 6.14. The highest BCUT2D eigenvalue weighted by Crippen LogP contribution is 2.22. The number of carbonyl (C=O) groups excluding carboxylic acids is 1. The van der Waals surface area contributed by atoms with Gasteiger partial charge in [-0.15, -0.1) is 0 Å². The fourth-order valence-electron chi connectivity index (χ4n) is 2.12. The van der Waals surface area contributed by atoms with E-state index in [1.165, 1.54) is 0 Å². The lowest BCUT2D eigenvalue weighted by Gasteiger charge is -2.18. The number of rotatable bonds is 4. The summed E-state index contributed by atoms with van der Waals surface area (Å²) in [4.78, 5) is 11.8. The average molecular weight is 211 g/mol. The molecule has 0 amide bonds. The molecule has 0 aromatic carbocycles. The second-order valence-corrected chi connectivity index (χ2v) is 6.18. The average Bonchev–Trinajstić information content (AvgIpc) is 2.49. The maximum Gasteiger partial charge on any atom is 0.149 e. The van der Waals surface area contributed by atoms with E-state index in [2.05, 4.69) is 33.0 Å². The van der Waals surface area contributed by atoms with Crippen LogP contribution in [-0.4, -0.2) is 18.4 Å². The molecule has 2 nitrogen and oxygen atoms in total. The fourth-order valence-corrected chi connectivity index (χ4v) is 2.12. The Morgan fingerprint density at radius 2 is 2.07 bits per heavy atom. The SMILES string of the molecule is C[C@H]1CNC(C(=O)CCCC(C)(C)C)C1. The Hall–Kier alpha value is -0.370. The molecule has 1 saturated heterocycles. The Bertz CT molecular complexity index is 217. The van der Waals surface area contributed by atoms with Crippen LogP contribution < -0.4 is 5.32 Å². The second-order valence-electron chi connectivity index (χ2n) is 6.18. The molecule has 1 aliphatic rings. The summed E-state index contributed by atoms with van der Waals surface area (Å²) in [7, 11) is 0. The molecule has 1 fully saturated rings. The van der Waals surface area contributed by atoms with E-state index in [-0.39, 0.29) is 6.04 Å². The van der Waals surface area contributed by atoms with Crippen LogP contribution in [0.2, 0.25) is 0 Å². The quantitative estimate of drug-likeness (QED) is 0.774. The van der Waals surface area contributed by atoms with Crippen LogP contribution in [0.1, 0.15) is 53.4 Å². The van der Waals surface area contributed by atoms with Crippen molar-refractivity contribution in [2.75, 3.05) is 6.54 Å². The van der Waals surface area contributed by atoms with E-state index in [1.807, 2.05) is 0 Å². The van der Waals surface area contributed by atoms with Crippen LogP contribution in [0.3, 0.4) is 0 Å². The predicted molar refractivity (Wildman–Crippen MR) is 63.9 cm³/mol. The van der Waals surface area contributed by atoms with Gasteiger partial charge in [0.05, 0.1) is 6.04 Å². The zero-order valence-electron chi connectivity index (χ0n) is 10.6. The molecule has 0 bridgehead atoms. The fraction of sp³-hybridized carbons (Fsp3) is 0.923. The van der Waals surface area contributed by atoms with E-state index < -0.39 is 0 Å². The summed E-state index contributed by atoms with van der Waals surface area (Å²) in [5.41, 5.74) is 0.358. The van der Waals surface area contributed by atoms with Crippen LogP contribution in [0.5, 0.6) is 0 Å². The monoisotopic (exact) mass is 211 g/mol. The molecule has 1 rings (SSSR count). The minimum absolute atomic E-state index is 0.153. The first-order chi connectivity index (χ1) is 6.88. The number of ketones is 1. The van der Waals surface area contributed by atoms with Gasteiger partial charge < -0.3 is 5.32 Å². The largest absolute Gasteiger partial charge is 0.307 e. The van der Waals surface area contributed by atoms with Gasteiger partial charge in [0.2, 0.25) is 0 Å². The standard InChI is InChI=1S/C13H25NO/c1-10-8-11(14-9-10)12(15)6-5-7-13(2,3)4/h10-11,14H,5-9H2,1-4H3/t10-,11?/m1/s1. The summed E-state index contributed by atoms with van der Waals surface area (Å²) in [6.45, 7) is 9.90. The number of hydrogen-bond donors (Lipinski definition) is 1. The van der Waals surface area contributed by atoms with E-state index in [4.69, 9.17) is 0 Å². The van der Waals surface area contributed by atoms with Crippen molar-refractivity contribution < 1.29 is 4.79 Å². The van der Waals surface area contributed by atoms with Crippen molar-refractivity contribution in [2.24, 2.45) is 11.3 Å². The van der Waals surface area contributed by atoms with E-state index in [9.17, 15) is 4.79 Å². The van der Waals surface area contributed by atoms with Crippen LogP contribution in [-0.2, 0) is 4.79 Å². The number of carbonyl (C=O) groups is 1. The second kappa shape index (κ2) is 5.11. The molecule has 0 radical (unpaired) electrons. The molecule has 0 spiro atoms. The van der Waals surface area contributed by atoms with Gasteiger partial charge in [0.15, 0.2) is 0 Å². The van der Waals surface area contributed by atoms with Crippen molar-refractivity contribution in [3.05, 3.63) is 0 Å².